The summed E-state index contributed by atoms with van der Waals surface area (Å²) in [6.07, 6.45) is 0. The summed E-state index contributed by atoms with van der Waals surface area (Å²) >= 11 is 0. The zero-order valence-electron chi connectivity index (χ0n) is 16.8. The zero-order chi connectivity index (χ0) is 20.9. The second kappa shape index (κ2) is 8.94. The maximum Gasteiger partial charge on any atom is 0.315 e. The van der Waals surface area contributed by atoms with Crippen LogP contribution in [0.5, 0.6) is 0 Å². The van der Waals surface area contributed by atoms with E-state index in [2.05, 4.69) is 16.0 Å². The lowest BCUT2D eigenvalue weighted by Gasteiger charge is -2.28. The highest BCUT2D eigenvalue weighted by atomic mass is 19.1. The van der Waals surface area contributed by atoms with Gasteiger partial charge in [-0.3, -0.25) is 4.79 Å². The lowest BCUT2D eigenvalue weighted by Crippen LogP contribution is -2.47. The third-order valence-electron chi connectivity index (χ3n) is 5.09. The molecular weight excluding hydrogens is 371 g/mol. The van der Waals surface area contributed by atoms with Crippen molar-refractivity contribution < 1.29 is 14.0 Å². The average molecular weight is 398 g/mol. The van der Waals surface area contributed by atoms with Crippen molar-refractivity contribution in [1.82, 2.24) is 16.0 Å². The highest BCUT2D eigenvalue weighted by molar-refractivity contribution is 5.82. The van der Waals surface area contributed by atoms with Crippen LogP contribution in [0.25, 0.3) is 0 Å². The van der Waals surface area contributed by atoms with Gasteiger partial charge < -0.3 is 20.9 Å². The van der Waals surface area contributed by atoms with Crippen LogP contribution >= 0.6 is 0 Å². The van der Waals surface area contributed by atoms with E-state index in [4.69, 9.17) is 0 Å². The number of piperazine rings is 1. The van der Waals surface area contributed by atoms with Crippen LogP contribution in [-0.4, -0.2) is 38.1 Å². The monoisotopic (exact) mass is 398 g/mol. The molecule has 154 valence electrons. The maximum absolute atomic E-state index is 14.0. The summed E-state index contributed by atoms with van der Waals surface area (Å²) in [6, 6.07) is 14.1. The van der Waals surface area contributed by atoms with Crippen molar-refractivity contribution in [3.05, 3.63) is 65.5 Å². The predicted molar refractivity (Wildman–Crippen MR) is 111 cm³/mol. The minimum absolute atomic E-state index is 0.0250. The van der Waals surface area contributed by atoms with E-state index in [1.165, 1.54) is 6.07 Å². The van der Waals surface area contributed by atoms with Crippen molar-refractivity contribution in [1.29, 1.82) is 0 Å². The van der Waals surface area contributed by atoms with E-state index in [9.17, 15) is 14.0 Å². The van der Waals surface area contributed by atoms with Gasteiger partial charge in [-0.1, -0.05) is 44.2 Å². The number of urea groups is 1. The number of nitrogens with zero attached hydrogens (tertiary/aromatic N) is 1. The van der Waals surface area contributed by atoms with Crippen LogP contribution in [0.15, 0.2) is 48.5 Å². The average Bonchev–Trinajstić information content (AvgIpc) is 2.71. The molecule has 7 heteroatoms. The molecule has 3 rings (SSSR count). The van der Waals surface area contributed by atoms with E-state index in [1.807, 2.05) is 43.0 Å². The van der Waals surface area contributed by atoms with Crippen molar-refractivity contribution in [3.8, 4) is 0 Å². The molecule has 0 bridgehead atoms. The first-order valence-corrected chi connectivity index (χ1v) is 9.72. The molecule has 6 nitrogen and oxygen atoms in total. The topological polar surface area (TPSA) is 73.5 Å². The molecule has 1 fully saturated rings. The molecule has 3 amide bonds. The Morgan fingerprint density at radius 3 is 2.55 bits per heavy atom. The first-order valence-electron chi connectivity index (χ1n) is 9.72. The standard InChI is InChI=1S/C22H27FN4O2/c1-22(2,18-5-3-4-6-19(18)23)15-26-21(29)25-13-16-7-9-17(10-8-16)27-12-11-24-20(28)14-27/h3-10H,11-15H2,1-2H3,(H,24,28)(H2,25,26,29). The molecule has 2 aromatic carbocycles. The number of benzene rings is 2. The van der Waals surface area contributed by atoms with Gasteiger partial charge in [0.25, 0.3) is 0 Å². The third kappa shape index (κ3) is 5.47. The molecule has 1 heterocycles. The fourth-order valence-electron chi connectivity index (χ4n) is 3.33. The van der Waals surface area contributed by atoms with Gasteiger partial charge in [-0.15, -0.1) is 0 Å². The van der Waals surface area contributed by atoms with Crippen LogP contribution < -0.4 is 20.9 Å². The van der Waals surface area contributed by atoms with Crippen LogP contribution in [-0.2, 0) is 16.8 Å². The Hall–Kier alpha value is -3.09. The van der Waals surface area contributed by atoms with E-state index in [0.717, 1.165) is 17.8 Å². The van der Waals surface area contributed by atoms with Gasteiger partial charge in [0, 0.05) is 37.3 Å². The van der Waals surface area contributed by atoms with Gasteiger partial charge in [0.15, 0.2) is 0 Å². The van der Waals surface area contributed by atoms with E-state index >= 15 is 0 Å². The number of rotatable bonds is 6. The maximum atomic E-state index is 14.0. The van der Waals surface area contributed by atoms with Crippen molar-refractivity contribution in [2.75, 3.05) is 31.1 Å². The van der Waals surface area contributed by atoms with Crippen molar-refractivity contribution in [2.24, 2.45) is 0 Å². The third-order valence-corrected chi connectivity index (χ3v) is 5.09. The molecule has 2 aromatic rings. The summed E-state index contributed by atoms with van der Waals surface area (Å²) in [5.74, 6) is -0.247. The first kappa shape index (κ1) is 20.6. The summed E-state index contributed by atoms with van der Waals surface area (Å²) in [6.45, 7) is 6.27. The highest BCUT2D eigenvalue weighted by Crippen LogP contribution is 2.24. The van der Waals surface area contributed by atoms with Crippen molar-refractivity contribution in [3.63, 3.8) is 0 Å². The summed E-state index contributed by atoms with van der Waals surface area (Å²) < 4.78 is 14.0. The number of hydrogen-bond acceptors (Lipinski definition) is 3. The second-order valence-electron chi connectivity index (χ2n) is 7.84. The van der Waals surface area contributed by atoms with Crippen LogP contribution in [0.3, 0.4) is 0 Å². The lowest BCUT2D eigenvalue weighted by molar-refractivity contribution is -0.120. The molecule has 1 aliphatic heterocycles. The molecule has 0 spiro atoms. The Morgan fingerprint density at radius 1 is 1.14 bits per heavy atom. The van der Waals surface area contributed by atoms with Crippen LogP contribution in [0.1, 0.15) is 25.0 Å². The Labute approximate surface area is 170 Å². The van der Waals surface area contributed by atoms with Crippen molar-refractivity contribution in [2.45, 2.75) is 25.8 Å². The van der Waals surface area contributed by atoms with Gasteiger partial charge in [0.1, 0.15) is 5.82 Å². The molecule has 0 atom stereocenters. The number of nitrogens with one attached hydrogen (secondary N) is 3. The van der Waals surface area contributed by atoms with Crippen LogP contribution in [0.2, 0.25) is 0 Å². The molecule has 0 radical (unpaired) electrons. The van der Waals surface area contributed by atoms with E-state index in [0.29, 0.717) is 31.7 Å². The summed E-state index contributed by atoms with van der Waals surface area (Å²) in [5.41, 5.74) is 1.99. The zero-order valence-corrected chi connectivity index (χ0v) is 16.8. The number of halogens is 1. The number of carbonyl (C=O) groups excluding carboxylic acids is 2. The molecule has 0 aromatic heterocycles. The number of carbonyl (C=O) groups is 2. The van der Waals surface area contributed by atoms with Gasteiger partial charge in [-0.25, -0.2) is 9.18 Å². The summed E-state index contributed by atoms with van der Waals surface area (Å²) in [7, 11) is 0. The van der Waals surface area contributed by atoms with Gasteiger partial charge in [-0.2, -0.15) is 0 Å². The Balaban J connectivity index is 1.48. The van der Waals surface area contributed by atoms with Gasteiger partial charge in [0.2, 0.25) is 5.91 Å². The van der Waals surface area contributed by atoms with E-state index < -0.39 is 5.41 Å². The van der Waals surface area contributed by atoms with E-state index in [1.54, 1.807) is 18.2 Å². The minimum Gasteiger partial charge on any atom is -0.360 e. The first-order chi connectivity index (χ1) is 13.8. The number of anilines is 1. The number of amides is 3. The van der Waals surface area contributed by atoms with Gasteiger partial charge in [0.05, 0.1) is 6.54 Å². The fourth-order valence-corrected chi connectivity index (χ4v) is 3.33. The Morgan fingerprint density at radius 2 is 1.86 bits per heavy atom. The molecule has 0 unspecified atom stereocenters. The normalized spacial score (nSPS) is 14.3. The quantitative estimate of drug-likeness (QED) is 0.700. The van der Waals surface area contributed by atoms with Gasteiger partial charge >= 0.3 is 6.03 Å². The molecule has 3 N–H and O–H groups in total. The summed E-state index contributed by atoms with van der Waals surface area (Å²) in [4.78, 5) is 25.7. The highest BCUT2D eigenvalue weighted by Gasteiger charge is 2.24. The van der Waals surface area contributed by atoms with Crippen LogP contribution in [0, 0.1) is 5.82 Å². The summed E-state index contributed by atoms with van der Waals surface area (Å²) in [5, 5.41) is 8.45. The molecule has 1 saturated heterocycles. The molecular formula is C22H27FN4O2. The largest absolute Gasteiger partial charge is 0.360 e. The van der Waals surface area contributed by atoms with Crippen molar-refractivity contribution >= 4 is 17.6 Å². The molecule has 1 aliphatic rings. The predicted octanol–water partition coefficient (Wildman–Crippen LogP) is 2.54. The SMILES string of the molecule is CC(C)(CNC(=O)NCc1ccc(N2CCNC(=O)C2)cc1)c1ccccc1F. The Kier molecular flexibility index (Phi) is 6.36. The second-order valence-corrected chi connectivity index (χ2v) is 7.84. The van der Waals surface area contributed by atoms with Crippen LogP contribution in [0.4, 0.5) is 14.9 Å². The Bertz CT molecular complexity index is 867. The smallest absolute Gasteiger partial charge is 0.315 e. The lowest BCUT2D eigenvalue weighted by atomic mass is 9.84. The van der Waals surface area contributed by atoms with Gasteiger partial charge in [-0.05, 0) is 29.3 Å². The molecule has 0 aliphatic carbocycles. The fraction of sp³-hybridized carbons (Fsp3) is 0.364. The number of hydrogen-bond donors (Lipinski definition) is 3. The molecule has 29 heavy (non-hydrogen) atoms. The minimum atomic E-state index is -0.523. The molecule has 0 saturated carbocycles. The van der Waals surface area contributed by atoms with E-state index in [-0.39, 0.29) is 17.8 Å².